The molecule has 4 amide bonds. The van der Waals surface area contributed by atoms with Gasteiger partial charge in [0.15, 0.2) is 0 Å². The molecule has 0 aliphatic heterocycles. The highest BCUT2D eigenvalue weighted by Crippen LogP contribution is 2.19. The number of fused-ring (bicyclic) bond motifs is 1. The van der Waals surface area contributed by atoms with E-state index >= 15 is 0 Å². The summed E-state index contributed by atoms with van der Waals surface area (Å²) >= 11 is 4.13. The van der Waals surface area contributed by atoms with Crippen LogP contribution in [0.5, 0.6) is 0 Å². The van der Waals surface area contributed by atoms with Gasteiger partial charge in [0.25, 0.3) is 0 Å². The van der Waals surface area contributed by atoms with E-state index in [0.29, 0.717) is 0 Å². The van der Waals surface area contributed by atoms with E-state index < -0.39 is 59.7 Å². The number of aromatic amines is 1. The summed E-state index contributed by atoms with van der Waals surface area (Å²) in [6.07, 6.45) is 1.67. The first-order valence-electron chi connectivity index (χ1n) is 11.8. The number of rotatable bonds is 14. The van der Waals surface area contributed by atoms with Gasteiger partial charge in [-0.3, -0.25) is 19.2 Å². The Kier molecular flexibility index (Phi) is 10.9. The molecule has 9 N–H and O–H groups in total. The zero-order valence-electron chi connectivity index (χ0n) is 20.7. The van der Waals surface area contributed by atoms with Crippen LogP contribution >= 0.6 is 12.6 Å². The number of carbonyl (C=O) groups excluding carboxylic acids is 4. The zero-order chi connectivity index (χ0) is 27.7. The van der Waals surface area contributed by atoms with E-state index in [2.05, 4.69) is 33.6 Å². The van der Waals surface area contributed by atoms with Gasteiger partial charge in [-0.15, -0.1) is 0 Å². The summed E-state index contributed by atoms with van der Waals surface area (Å²) in [5.41, 5.74) is 12.4. The van der Waals surface area contributed by atoms with Crippen molar-refractivity contribution in [3.8, 4) is 0 Å². The van der Waals surface area contributed by atoms with Crippen LogP contribution in [0.4, 0.5) is 0 Å². The molecule has 1 heterocycles. The highest BCUT2D eigenvalue weighted by molar-refractivity contribution is 7.80. The summed E-state index contributed by atoms with van der Waals surface area (Å²) in [7, 11) is 0. The van der Waals surface area contributed by atoms with Crippen LogP contribution < -0.4 is 27.4 Å². The number of nitrogens with one attached hydrogen (secondary N) is 4. The first-order valence-corrected chi connectivity index (χ1v) is 12.4. The highest BCUT2D eigenvalue weighted by atomic mass is 32.1. The van der Waals surface area contributed by atoms with Crippen LogP contribution in [0.1, 0.15) is 32.3 Å². The quantitative estimate of drug-likeness (QED) is 0.148. The molecular weight excluding hydrogens is 500 g/mol. The summed E-state index contributed by atoms with van der Waals surface area (Å²) in [6.45, 7) is 3.31. The first kappa shape index (κ1) is 29.6. The fraction of sp³-hybridized carbons (Fsp3) is 0.458. The van der Waals surface area contributed by atoms with Crippen LogP contribution in [0.25, 0.3) is 10.9 Å². The van der Waals surface area contributed by atoms with Gasteiger partial charge in [-0.25, -0.2) is 4.79 Å². The smallest absolute Gasteiger partial charge is 0.326 e. The van der Waals surface area contributed by atoms with Gasteiger partial charge in [-0.2, -0.15) is 12.6 Å². The molecule has 13 heteroatoms. The van der Waals surface area contributed by atoms with Gasteiger partial charge in [0.1, 0.15) is 18.1 Å². The molecule has 0 unspecified atom stereocenters. The average Bonchev–Trinajstić information content (AvgIpc) is 3.25. The molecule has 0 radical (unpaired) electrons. The van der Waals surface area contributed by atoms with Crippen molar-refractivity contribution in [3.63, 3.8) is 0 Å². The molecule has 4 atom stereocenters. The van der Waals surface area contributed by atoms with Crippen molar-refractivity contribution in [2.45, 2.75) is 57.3 Å². The van der Waals surface area contributed by atoms with Crippen LogP contribution in [0.2, 0.25) is 0 Å². The van der Waals surface area contributed by atoms with Crippen molar-refractivity contribution in [1.29, 1.82) is 0 Å². The van der Waals surface area contributed by atoms with Gasteiger partial charge >= 0.3 is 5.97 Å². The van der Waals surface area contributed by atoms with Crippen molar-refractivity contribution in [2.75, 3.05) is 5.75 Å². The van der Waals surface area contributed by atoms with Crippen LogP contribution in [0.15, 0.2) is 30.5 Å². The maximum Gasteiger partial charge on any atom is 0.326 e. The molecule has 0 saturated carbocycles. The van der Waals surface area contributed by atoms with Crippen molar-refractivity contribution < 1.29 is 29.1 Å². The van der Waals surface area contributed by atoms with E-state index in [1.807, 2.05) is 24.3 Å². The number of para-hydroxylation sites is 1. The summed E-state index contributed by atoms with van der Waals surface area (Å²) in [4.78, 5) is 64.3. The molecular formula is C24H34N6O6S. The summed E-state index contributed by atoms with van der Waals surface area (Å²) in [6, 6.07) is 2.86. The normalized spacial score (nSPS) is 14.4. The van der Waals surface area contributed by atoms with E-state index in [-0.39, 0.29) is 25.0 Å². The number of carboxylic acid groups (broad SMARTS) is 1. The second-order valence-corrected chi connectivity index (χ2v) is 9.41. The van der Waals surface area contributed by atoms with Gasteiger partial charge in [0.2, 0.25) is 23.6 Å². The molecule has 37 heavy (non-hydrogen) atoms. The number of primary amides is 1. The number of carboxylic acids is 1. The van der Waals surface area contributed by atoms with E-state index in [1.54, 1.807) is 20.0 Å². The number of H-pyrrole nitrogens is 1. The molecule has 202 valence electrons. The number of carbonyl (C=O) groups is 5. The van der Waals surface area contributed by atoms with Crippen molar-refractivity contribution in [3.05, 3.63) is 36.0 Å². The lowest BCUT2D eigenvalue weighted by atomic mass is 10.0. The zero-order valence-corrected chi connectivity index (χ0v) is 21.6. The maximum atomic E-state index is 13.2. The van der Waals surface area contributed by atoms with Crippen LogP contribution in [-0.2, 0) is 30.4 Å². The minimum Gasteiger partial charge on any atom is -0.480 e. The number of benzene rings is 1. The monoisotopic (exact) mass is 534 g/mol. The predicted octanol–water partition coefficient (Wildman–Crippen LogP) is -0.572. The molecule has 0 spiro atoms. The minimum atomic E-state index is -1.20. The molecule has 0 aliphatic carbocycles. The average molecular weight is 535 g/mol. The van der Waals surface area contributed by atoms with Crippen LogP contribution in [0, 0.1) is 5.92 Å². The van der Waals surface area contributed by atoms with Gasteiger partial charge < -0.3 is 37.5 Å². The maximum absolute atomic E-state index is 13.2. The van der Waals surface area contributed by atoms with Crippen molar-refractivity contribution in [1.82, 2.24) is 20.9 Å². The number of amides is 4. The van der Waals surface area contributed by atoms with Crippen LogP contribution in [0.3, 0.4) is 0 Å². The molecule has 0 aliphatic rings. The number of aromatic nitrogens is 1. The Bertz CT molecular complexity index is 1140. The third-order valence-electron chi connectivity index (χ3n) is 5.82. The fourth-order valence-electron chi connectivity index (χ4n) is 3.67. The Morgan fingerprint density at radius 2 is 1.62 bits per heavy atom. The van der Waals surface area contributed by atoms with Gasteiger partial charge in [-0.05, 0) is 24.0 Å². The third kappa shape index (κ3) is 8.50. The largest absolute Gasteiger partial charge is 0.480 e. The molecule has 1 aromatic heterocycles. The molecule has 0 fully saturated rings. The van der Waals surface area contributed by atoms with Gasteiger partial charge in [0, 0.05) is 35.7 Å². The van der Waals surface area contributed by atoms with E-state index in [4.69, 9.17) is 11.5 Å². The van der Waals surface area contributed by atoms with Crippen LogP contribution in [-0.4, -0.2) is 69.6 Å². The van der Waals surface area contributed by atoms with Gasteiger partial charge in [0.05, 0.1) is 6.04 Å². The van der Waals surface area contributed by atoms with E-state index in [1.165, 1.54) is 0 Å². The Hall–Kier alpha value is -3.58. The lowest BCUT2D eigenvalue weighted by Gasteiger charge is -2.25. The summed E-state index contributed by atoms with van der Waals surface area (Å²) < 4.78 is 0. The number of thiol groups is 1. The standard InChI is InChI=1S/C24H34N6O6S/c1-12(2)20(24(35)36)30-22(33)17(9-13-10-27-16-6-4-3-5-14(13)16)28-23(34)18(11-37)29-21(32)15(25)7-8-19(26)31/h3-6,10,12,15,17-18,20,27,37H,7-9,11,25H2,1-2H3,(H2,26,31)(H,28,34)(H,29,32)(H,30,33)(H,35,36)/t15-,17-,18-,20-/m0/s1. The summed E-state index contributed by atoms with van der Waals surface area (Å²) in [5, 5.41) is 17.9. The molecule has 2 aromatic rings. The molecule has 12 nitrogen and oxygen atoms in total. The van der Waals surface area contributed by atoms with E-state index in [9.17, 15) is 29.1 Å². The predicted molar refractivity (Wildman–Crippen MR) is 141 cm³/mol. The minimum absolute atomic E-state index is 0.000545. The Balaban J connectivity index is 2.23. The highest BCUT2D eigenvalue weighted by Gasteiger charge is 2.31. The lowest BCUT2D eigenvalue weighted by Crippen LogP contribution is -2.58. The Labute approximate surface area is 219 Å². The first-order chi connectivity index (χ1) is 17.4. The molecule has 0 saturated heterocycles. The molecule has 0 bridgehead atoms. The fourth-order valence-corrected chi connectivity index (χ4v) is 3.93. The van der Waals surface area contributed by atoms with Crippen molar-refractivity contribution >= 4 is 53.1 Å². The topological polar surface area (TPSA) is 210 Å². The number of hydrogen-bond donors (Lipinski definition) is 8. The number of hydrogen-bond acceptors (Lipinski definition) is 7. The SMILES string of the molecule is CC(C)[C@H](NC(=O)[C@H](Cc1c[nH]c2ccccc12)NC(=O)[C@H](CS)NC(=O)[C@@H](N)CCC(N)=O)C(=O)O. The Morgan fingerprint density at radius 1 is 1.00 bits per heavy atom. The van der Waals surface area contributed by atoms with E-state index in [0.717, 1.165) is 16.5 Å². The third-order valence-corrected chi connectivity index (χ3v) is 6.18. The molecule has 1 aromatic carbocycles. The Morgan fingerprint density at radius 3 is 2.22 bits per heavy atom. The molecule has 2 rings (SSSR count). The number of nitrogens with two attached hydrogens (primary N) is 2. The van der Waals surface area contributed by atoms with Crippen molar-refractivity contribution in [2.24, 2.45) is 17.4 Å². The number of aliphatic carboxylic acids is 1. The second-order valence-electron chi connectivity index (χ2n) is 9.05. The summed E-state index contributed by atoms with van der Waals surface area (Å²) in [5.74, 6) is -4.41. The second kappa shape index (κ2) is 13.7. The van der Waals surface area contributed by atoms with Gasteiger partial charge in [-0.1, -0.05) is 32.0 Å². The lowest BCUT2D eigenvalue weighted by molar-refractivity contribution is -0.143.